The van der Waals surface area contributed by atoms with Crippen LogP contribution in [0.2, 0.25) is 0 Å². The van der Waals surface area contributed by atoms with Crippen LogP contribution in [0.4, 0.5) is 11.4 Å². The van der Waals surface area contributed by atoms with Crippen molar-refractivity contribution in [3.05, 3.63) is 28.3 Å². The number of halogens is 1. The van der Waals surface area contributed by atoms with Crippen molar-refractivity contribution in [1.82, 2.24) is 0 Å². The molecule has 112 valence electrons. The fourth-order valence-electron chi connectivity index (χ4n) is 1.64. The van der Waals surface area contributed by atoms with Crippen LogP contribution in [0.15, 0.2) is 18.2 Å². The molecule has 0 fully saturated rings. The molecular weight excluding hydrogens is 286 g/mol. The van der Waals surface area contributed by atoms with Crippen molar-refractivity contribution in [2.24, 2.45) is 5.73 Å². The van der Waals surface area contributed by atoms with Crippen LogP contribution in [-0.4, -0.2) is 21.5 Å². The Balaban J connectivity index is 0.00000361. The lowest BCUT2D eigenvalue weighted by Crippen LogP contribution is -2.48. The summed E-state index contributed by atoms with van der Waals surface area (Å²) in [6.07, 6.45) is 1.19. The smallest absolute Gasteiger partial charge is 0.271 e. The number of hydrogen-bond donors (Lipinski definition) is 3. The zero-order valence-corrected chi connectivity index (χ0v) is 12.1. The minimum absolute atomic E-state index is 0. The summed E-state index contributed by atoms with van der Waals surface area (Å²) in [5.41, 5.74) is 4.51. The normalized spacial score (nSPS) is 12.9. The lowest BCUT2D eigenvalue weighted by atomic mass is 9.96. The number of amides is 1. The van der Waals surface area contributed by atoms with E-state index in [1.165, 1.54) is 0 Å². The molecule has 0 aliphatic rings. The molecule has 0 radical (unpaired) electrons. The molecule has 1 aromatic carbocycles. The van der Waals surface area contributed by atoms with E-state index in [9.17, 15) is 20.0 Å². The first-order valence-electron chi connectivity index (χ1n) is 5.85. The van der Waals surface area contributed by atoms with E-state index in [0.29, 0.717) is 6.42 Å². The largest absolute Gasteiger partial charge is 0.506 e. The second-order valence-corrected chi connectivity index (χ2v) is 4.58. The molecule has 4 N–H and O–H groups in total. The molecule has 0 aliphatic carbocycles. The third-order valence-corrected chi connectivity index (χ3v) is 2.73. The molecule has 0 saturated heterocycles. The van der Waals surface area contributed by atoms with Gasteiger partial charge in [0.2, 0.25) is 5.91 Å². The first-order valence-corrected chi connectivity index (χ1v) is 5.85. The molecule has 0 bridgehead atoms. The summed E-state index contributed by atoms with van der Waals surface area (Å²) in [5, 5.41) is 22.6. The first-order chi connectivity index (χ1) is 8.77. The lowest BCUT2D eigenvalue weighted by molar-refractivity contribution is -0.384. The second kappa shape index (κ2) is 7.06. The summed E-state index contributed by atoms with van der Waals surface area (Å²) < 4.78 is 0. The molecule has 0 heterocycles. The quantitative estimate of drug-likeness (QED) is 0.437. The second-order valence-electron chi connectivity index (χ2n) is 4.58. The van der Waals surface area contributed by atoms with Gasteiger partial charge < -0.3 is 16.2 Å². The summed E-state index contributed by atoms with van der Waals surface area (Å²) in [6.45, 7) is 3.46. The summed E-state index contributed by atoms with van der Waals surface area (Å²) in [6, 6.07) is 3.40. The van der Waals surface area contributed by atoms with Crippen molar-refractivity contribution in [3.63, 3.8) is 0 Å². The van der Waals surface area contributed by atoms with Gasteiger partial charge in [0.1, 0.15) is 5.75 Å². The van der Waals surface area contributed by atoms with Crippen LogP contribution in [-0.2, 0) is 4.79 Å². The van der Waals surface area contributed by atoms with Crippen molar-refractivity contribution in [1.29, 1.82) is 0 Å². The molecule has 1 atom stereocenters. The number of aromatic hydroxyl groups is 1. The van der Waals surface area contributed by atoms with Gasteiger partial charge in [0.05, 0.1) is 16.1 Å². The average Bonchev–Trinajstić information content (AvgIpc) is 2.31. The predicted octanol–water partition coefficient (Wildman–Crippen LogP) is 2.18. The van der Waals surface area contributed by atoms with Crippen LogP contribution in [0.5, 0.6) is 5.75 Å². The Hall–Kier alpha value is -1.86. The van der Waals surface area contributed by atoms with Gasteiger partial charge in [0.25, 0.3) is 5.69 Å². The van der Waals surface area contributed by atoms with Crippen molar-refractivity contribution >= 4 is 29.7 Å². The van der Waals surface area contributed by atoms with Crippen molar-refractivity contribution < 1.29 is 14.8 Å². The zero-order valence-electron chi connectivity index (χ0n) is 11.3. The number of nitrogens with two attached hydrogens (primary N) is 1. The Morgan fingerprint density at radius 3 is 2.65 bits per heavy atom. The van der Waals surface area contributed by atoms with Gasteiger partial charge in [-0.1, -0.05) is 13.3 Å². The number of rotatable bonds is 5. The number of nitrogens with one attached hydrogen (secondary N) is 1. The number of nitrogens with zero attached hydrogens (tertiary/aromatic N) is 1. The standard InChI is InChI=1S/C12H17N3O4.ClH/c1-3-6-12(2,13)11(17)14-9-7-8(15(18)19)4-5-10(9)16;/h4-5,7,16H,3,6,13H2,1-2H3,(H,14,17);1H. The van der Waals surface area contributed by atoms with Crippen LogP contribution in [0.1, 0.15) is 26.7 Å². The number of phenolic OH excluding ortho intramolecular Hbond substituents is 1. The number of hydrogen-bond acceptors (Lipinski definition) is 5. The van der Waals surface area contributed by atoms with E-state index in [-0.39, 0.29) is 29.5 Å². The fourth-order valence-corrected chi connectivity index (χ4v) is 1.64. The monoisotopic (exact) mass is 303 g/mol. The van der Waals surface area contributed by atoms with Crippen molar-refractivity contribution in [2.45, 2.75) is 32.2 Å². The van der Waals surface area contributed by atoms with Crippen molar-refractivity contribution in [2.75, 3.05) is 5.32 Å². The highest BCUT2D eigenvalue weighted by molar-refractivity contribution is 5.98. The highest BCUT2D eigenvalue weighted by Crippen LogP contribution is 2.28. The van der Waals surface area contributed by atoms with Gasteiger partial charge >= 0.3 is 0 Å². The number of nitro benzene ring substituents is 1. The highest BCUT2D eigenvalue weighted by Gasteiger charge is 2.28. The maximum Gasteiger partial charge on any atom is 0.271 e. The van der Waals surface area contributed by atoms with E-state index in [4.69, 9.17) is 5.73 Å². The molecule has 1 amide bonds. The topological polar surface area (TPSA) is 118 Å². The Morgan fingerprint density at radius 1 is 1.55 bits per heavy atom. The number of anilines is 1. The molecule has 1 aromatic rings. The summed E-state index contributed by atoms with van der Waals surface area (Å²) in [4.78, 5) is 22.0. The Morgan fingerprint density at radius 2 is 2.15 bits per heavy atom. The van der Waals surface area contributed by atoms with Gasteiger partial charge in [-0.05, 0) is 19.4 Å². The molecule has 0 aromatic heterocycles. The maximum absolute atomic E-state index is 11.9. The Bertz CT molecular complexity index is 505. The van der Waals surface area contributed by atoms with Crippen LogP contribution >= 0.6 is 12.4 Å². The van der Waals surface area contributed by atoms with E-state index >= 15 is 0 Å². The van der Waals surface area contributed by atoms with E-state index in [0.717, 1.165) is 24.6 Å². The summed E-state index contributed by atoms with van der Waals surface area (Å²) >= 11 is 0. The molecule has 1 unspecified atom stereocenters. The molecule has 0 spiro atoms. The predicted molar refractivity (Wildman–Crippen MR) is 78.1 cm³/mol. The van der Waals surface area contributed by atoms with Gasteiger partial charge in [0, 0.05) is 12.1 Å². The molecule has 0 aliphatic heterocycles. The fraction of sp³-hybridized carbons (Fsp3) is 0.417. The number of non-ortho nitro benzene ring substituents is 1. The SMILES string of the molecule is CCCC(C)(N)C(=O)Nc1cc([N+](=O)[O-])ccc1O.Cl. The van der Waals surface area contributed by atoms with Gasteiger partial charge in [-0.15, -0.1) is 12.4 Å². The number of benzene rings is 1. The minimum atomic E-state index is -1.09. The molecule has 0 saturated carbocycles. The third kappa shape index (κ3) is 4.36. The van der Waals surface area contributed by atoms with Gasteiger partial charge in [-0.25, -0.2) is 0 Å². The van der Waals surface area contributed by atoms with E-state index in [1.54, 1.807) is 6.92 Å². The van der Waals surface area contributed by atoms with Crippen LogP contribution in [0.25, 0.3) is 0 Å². The Kier molecular flexibility index (Phi) is 6.41. The molecule has 1 rings (SSSR count). The first kappa shape index (κ1) is 18.1. The van der Waals surface area contributed by atoms with E-state index in [1.807, 2.05) is 6.92 Å². The van der Waals surface area contributed by atoms with Crippen LogP contribution < -0.4 is 11.1 Å². The van der Waals surface area contributed by atoms with Gasteiger partial charge in [-0.3, -0.25) is 14.9 Å². The average molecular weight is 304 g/mol. The number of carbonyl (C=O) groups is 1. The zero-order chi connectivity index (χ0) is 14.6. The third-order valence-electron chi connectivity index (χ3n) is 2.73. The van der Waals surface area contributed by atoms with Gasteiger partial charge in [-0.2, -0.15) is 0 Å². The minimum Gasteiger partial charge on any atom is -0.506 e. The lowest BCUT2D eigenvalue weighted by Gasteiger charge is -2.22. The van der Waals surface area contributed by atoms with Crippen molar-refractivity contribution in [3.8, 4) is 5.75 Å². The highest BCUT2D eigenvalue weighted by atomic mass is 35.5. The summed E-state index contributed by atoms with van der Waals surface area (Å²) in [5.74, 6) is -0.739. The van der Waals surface area contributed by atoms with E-state index in [2.05, 4.69) is 5.32 Å². The Labute approximate surface area is 122 Å². The molecular formula is C12H18ClN3O4. The van der Waals surface area contributed by atoms with Gasteiger partial charge in [0.15, 0.2) is 0 Å². The number of nitro groups is 1. The molecule has 8 heteroatoms. The van der Waals surface area contributed by atoms with Crippen LogP contribution in [0.3, 0.4) is 0 Å². The summed E-state index contributed by atoms with van der Waals surface area (Å²) in [7, 11) is 0. The maximum atomic E-state index is 11.9. The molecule has 20 heavy (non-hydrogen) atoms. The van der Waals surface area contributed by atoms with E-state index < -0.39 is 16.4 Å². The number of phenols is 1. The molecule has 7 nitrogen and oxygen atoms in total. The number of carbonyl (C=O) groups excluding carboxylic acids is 1. The van der Waals surface area contributed by atoms with Crippen LogP contribution in [0, 0.1) is 10.1 Å².